The van der Waals surface area contributed by atoms with E-state index in [1.54, 1.807) is 13.2 Å². The number of methoxy groups -OCH3 is 1. The van der Waals surface area contributed by atoms with Crippen molar-refractivity contribution in [3.05, 3.63) is 65.0 Å². The Morgan fingerprint density at radius 1 is 1.13 bits per heavy atom. The molecule has 2 aromatic rings. The van der Waals surface area contributed by atoms with Crippen LogP contribution in [0.2, 0.25) is 0 Å². The summed E-state index contributed by atoms with van der Waals surface area (Å²) >= 11 is 0. The Balaban J connectivity index is 2.25. The maximum atomic E-state index is 13.4. The molecular formula is C17H18F3NO2. The number of aliphatic hydroxyl groups excluding tert-OH is 1. The van der Waals surface area contributed by atoms with E-state index in [1.165, 1.54) is 0 Å². The molecule has 3 nitrogen and oxygen atoms in total. The Bertz CT molecular complexity index is 656. The van der Waals surface area contributed by atoms with E-state index in [0.29, 0.717) is 5.75 Å². The monoisotopic (exact) mass is 325 g/mol. The van der Waals surface area contributed by atoms with Crippen LogP contribution in [0.15, 0.2) is 36.4 Å². The van der Waals surface area contributed by atoms with Crippen LogP contribution in [0.3, 0.4) is 0 Å². The van der Waals surface area contributed by atoms with E-state index >= 15 is 0 Å². The summed E-state index contributed by atoms with van der Waals surface area (Å²) < 4.78 is 45.1. The summed E-state index contributed by atoms with van der Waals surface area (Å²) in [7, 11) is 1.54. The second kappa shape index (κ2) is 7.48. The minimum Gasteiger partial charge on any atom is -0.496 e. The van der Waals surface area contributed by atoms with Crippen molar-refractivity contribution >= 4 is 0 Å². The fraction of sp³-hybridized carbons (Fsp3) is 0.294. The molecule has 0 aromatic heterocycles. The zero-order valence-electron chi connectivity index (χ0n) is 12.8. The van der Waals surface area contributed by atoms with Gasteiger partial charge in [-0.25, -0.2) is 13.2 Å². The van der Waals surface area contributed by atoms with E-state index in [-0.39, 0.29) is 11.6 Å². The molecule has 6 heteroatoms. The zero-order valence-corrected chi connectivity index (χ0v) is 12.8. The summed E-state index contributed by atoms with van der Waals surface area (Å²) in [6.07, 6.45) is 0. The van der Waals surface area contributed by atoms with Crippen LogP contribution >= 0.6 is 0 Å². The van der Waals surface area contributed by atoms with Crippen LogP contribution in [0, 0.1) is 17.5 Å². The first-order valence-corrected chi connectivity index (χ1v) is 7.12. The molecule has 0 heterocycles. The van der Waals surface area contributed by atoms with Gasteiger partial charge in [-0.1, -0.05) is 18.2 Å². The Morgan fingerprint density at radius 2 is 1.74 bits per heavy atom. The normalized spacial score (nSPS) is 13.7. The van der Waals surface area contributed by atoms with Gasteiger partial charge in [0.25, 0.3) is 0 Å². The molecule has 0 aliphatic heterocycles. The summed E-state index contributed by atoms with van der Waals surface area (Å²) in [6, 6.07) is 8.03. The number of aliphatic hydroxyl groups is 1. The lowest BCUT2D eigenvalue weighted by atomic mass is 10.0. The highest BCUT2D eigenvalue weighted by Gasteiger charge is 2.20. The van der Waals surface area contributed by atoms with Crippen molar-refractivity contribution in [1.29, 1.82) is 0 Å². The molecule has 0 aliphatic carbocycles. The minimum atomic E-state index is -1.52. The van der Waals surface area contributed by atoms with Crippen molar-refractivity contribution in [3.63, 3.8) is 0 Å². The van der Waals surface area contributed by atoms with Gasteiger partial charge in [-0.3, -0.25) is 0 Å². The first kappa shape index (κ1) is 17.3. The molecule has 2 rings (SSSR count). The number of halogens is 3. The van der Waals surface area contributed by atoms with Crippen LogP contribution in [-0.2, 0) is 0 Å². The molecule has 0 spiro atoms. The average Bonchev–Trinajstić information content (AvgIpc) is 2.56. The van der Waals surface area contributed by atoms with Crippen molar-refractivity contribution in [2.75, 3.05) is 13.7 Å². The van der Waals surface area contributed by atoms with E-state index in [2.05, 4.69) is 5.32 Å². The predicted molar refractivity (Wildman–Crippen MR) is 80.7 cm³/mol. The molecule has 2 N–H and O–H groups in total. The fourth-order valence-electron chi connectivity index (χ4n) is 2.45. The lowest BCUT2D eigenvalue weighted by Gasteiger charge is -2.24. The Kier molecular flexibility index (Phi) is 5.63. The number of nitrogens with one attached hydrogen (secondary N) is 1. The average molecular weight is 325 g/mol. The maximum absolute atomic E-state index is 13.4. The quantitative estimate of drug-likeness (QED) is 0.799. The van der Waals surface area contributed by atoms with Gasteiger partial charge >= 0.3 is 0 Å². The lowest BCUT2D eigenvalue weighted by molar-refractivity contribution is 0.233. The van der Waals surface area contributed by atoms with Crippen LogP contribution < -0.4 is 10.1 Å². The number of rotatable bonds is 6. The molecule has 2 atom stereocenters. The molecule has 2 aromatic carbocycles. The van der Waals surface area contributed by atoms with Crippen LogP contribution in [-0.4, -0.2) is 18.8 Å². The van der Waals surface area contributed by atoms with Gasteiger partial charge in [0, 0.05) is 11.6 Å². The second-order valence-corrected chi connectivity index (χ2v) is 5.16. The van der Waals surface area contributed by atoms with Crippen LogP contribution in [0.1, 0.15) is 30.1 Å². The van der Waals surface area contributed by atoms with E-state index in [9.17, 15) is 18.3 Å². The third-order valence-corrected chi connectivity index (χ3v) is 3.65. The molecule has 0 radical (unpaired) electrons. The first-order chi connectivity index (χ1) is 11.0. The van der Waals surface area contributed by atoms with Crippen molar-refractivity contribution in [1.82, 2.24) is 5.32 Å². The highest BCUT2D eigenvalue weighted by Crippen LogP contribution is 2.27. The first-order valence-electron chi connectivity index (χ1n) is 7.12. The summed E-state index contributed by atoms with van der Waals surface area (Å²) in [5.74, 6) is -3.45. The predicted octanol–water partition coefficient (Wildman–Crippen LogP) is 3.50. The van der Waals surface area contributed by atoms with Crippen LogP contribution in [0.25, 0.3) is 0 Å². The standard InChI is InChI=1S/C17H18F3NO2/c1-10(12-5-3-4-6-16(12)23-2)21-15(9-22)11-7-13(18)17(20)14(19)8-11/h3-8,10,15,21-22H,9H2,1-2H3. The molecule has 0 fully saturated rings. The SMILES string of the molecule is COc1ccccc1C(C)NC(CO)c1cc(F)c(F)c(F)c1. The van der Waals surface area contributed by atoms with Crippen molar-refractivity contribution in [3.8, 4) is 5.75 Å². The maximum Gasteiger partial charge on any atom is 0.194 e. The van der Waals surface area contributed by atoms with Gasteiger partial charge in [-0.05, 0) is 30.7 Å². The fourth-order valence-corrected chi connectivity index (χ4v) is 2.45. The summed E-state index contributed by atoms with van der Waals surface area (Å²) in [4.78, 5) is 0. The Morgan fingerprint density at radius 3 is 2.30 bits per heavy atom. The number of hydrogen-bond donors (Lipinski definition) is 2. The van der Waals surface area contributed by atoms with Gasteiger partial charge in [-0.2, -0.15) is 0 Å². The summed E-state index contributed by atoms with van der Waals surface area (Å²) in [6.45, 7) is 1.43. The topological polar surface area (TPSA) is 41.5 Å². The number of para-hydroxylation sites is 1. The molecule has 0 amide bonds. The Labute approximate surface area is 132 Å². The minimum absolute atomic E-state index is 0.130. The third kappa shape index (κ3) is 3.83. The van der Waals surface area contributed by atoms with E-state index in [1.807, 2.05) is 25.1 Å². The molecule has 2 unspecified atom stereocenters. The van der Waals surface area contributed by atoms with Crippen molar-refractivity contribution in [2.45, 2.75) is 19.0 Å². The second-order valence-electron chi connectivity index (χ2n) is 5.16. The highest BCUT2D eigenvalue weighted by molar-refractivity contribution is 5.36. The van der Waals surface area contributed by atoms with E-state index < -0.39 is 30.1 Å². The number of ether oxygens (including phenoxy) is 1. The van der Waals surface area contributed by atoms with Gasteiger partial charge < -0.3 is 15.2 Å². The molecular weight excluding hydrogens is 307 g/mol. The summed E-state index contributed by atoms with van der Waals surface area (Å²) in [5, 5.41) is 12.6. The number of benzene rings is 2. The van der Waals surface area contributed by atoms with E-state index in [0.717, 1.165) is 17.7 Å². The van der Waals surface area contributed by atoms with Gasteiger partial charge in [0.15, 0.2) is 17.5 Å². The van der Waals surface area contributed by atoms with Gasteiger partial charge in [0.2, 0.25) is 0 Å². The van der Waals surface area contributed by atoms with Crippen LogP contribution in [0.5, 0.6) is 5.75 Å². The van der Waals surface area contributed by atoms with Crippen molar-refractivity contribution < 1.29 is 23.0 Å². The van der Waals surface area contributed by atoms with Gasteiger partial charge in [0.1, 0.15) is 5.75 Å². The lowest BCUT2D eigenvalue weighted by Crippen LogP contribution is -2.28. The molecule has 0 bridgehead atoms. The van der Waals surface area contributed by atoms with Crippen LogP contribution in [0.4, 0.5) is 13.2 Å². The highest BCUT2D eigenvalue weighted by atomic mass is 19.2. The third-order valence-electron chi connectivity index (χ3n) is 3.65. The smallest absolute Gasteiger partial charge is 0.194 e. The molecule has 0 saturated heterocycles. The Hall–Kier alpha value is -2.05. The van der Waals surface area contributed by atoms with Gasteiger partial charge in [0.05, 0.1) is 19.8 Å². The molecule has 0 aliphatic rings. The van der Waals surface area contributed by atoms with E-state index in [4.69, 9.17) is 4.74 Å². The zero-order chi connectivity index (χ0) is 17.0. The molecule has 124 valence electrons. The van der Waals surface area contributed by atoms with Gasteiger partial charge in [-0.15, -0.1) is 0 Å². The molecule has 0 saturated carbocycles. The van der Waals surface area contributed by atoms with Crippen molar-refractivity contribution in [2.24, 2.45) is 0 Å². The number of hydrogen-bond acceptors (Lipinski definition) is 3. The summed E-state index contributed by atoms with van der Waals surface area (Å²) in [5.41, 5.74) is 0.960. The molecule has 23 heavy (non-hydrogen) atoms. The largest absolute Gasteiger partial charge is 0.496 e.